The van der Waals surface area contributed by atoms with Crippen LogP contribution in [0.4, 0.5) is 11.4 Å². The summed E-state index contributed by atoms with van der Waals surface area (Å²) in [6.45, 7) is 6.65. The Hall–Kier alpha value is -1.77. The van der Waals surface area contributed by atoms with Gasteiger partial charge >= 0.3 is 0 Å². The van der Waals surface area contributed by atoms with E-state index in [1.807, 2.05) is 18.2 Å². The summed E-state index contributed by atoms with van der Waals surface area (Å²) in [6, 6.07) is 8.48. The molecule has 0 saturated carbocycles. The quantitative estimate of drug-likeness (QED) is 0.861. The Labute approximate surface area is 108 Å². The van der Waals surface area contributed by atoms with Crippen LogP contribution in [-0.2, 0) is 0 Å². The van der Waals surface area contributed by atoms with E-state index >= 15 is 0 Å². The van der Waals surface area contributed by atoms with Crippen molar-refractivity contribution in [2.75, 3.05) is 11.1 Å². The van der Waals surface area contributed by atoms with Crippen LogP contribution >= 0.6 is 0 Å². The van der Waals surface area contributed by atoms with Gasteiger partial charge in [-0.25, -0.2) is 0 Å². The van der Waals surface area contributed by atoms with Gasteiger partial charge in [-0.2, -0.15) is 0 Å². The van der Waals surface area contributed by atoms with Gasteiger partial charge in [-0.15, -0.1) is 0 Å². The lowest BCUT2D eigenvalue weighted by atomic mass is 10.0. The van der Waals surface area contributed by atoms with E-state index in [4.69, 9.17) is 5.73 Å². The third-order valence-electron chi connectivity index (χ3n) is 3.02. The van der Waals surface area contributed by atoms with Crippen molar-refractivity contribution in [3.63, 3.8) is 0 Å². The van der Waals surface area contributed by atoms with Gasteiger partial charge in [-0.3, -0.25) is 4.98 Å². The van der Waals surface area contributed by atoms with Crippen LogP contribution < -0.4 is 11.1 Å². The van der Waals surface area contributed by atoms with Gasteiger partial charge in [0.25, 0.3) is 0 Å². The van der Waals surface area contributed by atoms with Gasteiger partial charge in [0.2, 0.25) is 0 Å². The fraction of sp³-hybridized carbons (Fsp3) is 0.400. The maximum atomic E-state index is 6.04. The molecule has 0 fully saturated rings. The number of hydrogen-bond acceptors (Lipinski definition) is 3. The van der Waals surface area contributed by atoms with E-state index in [0.717, 1.165) is 23.0 Å². The van der Waals surface area contributed by atoms with Crippen molar-refractivity contribution in [2.24, 2.45) is 5.92 Å². The molecule has 96 valence electrons. The number of nitrogens with two attached hydrogens (primary N) is 1. The minimum atomic E-state index is 0.401. The van der Waals surface area contributed by atoms with Crippen LogP contribution in [0.1, 0.15) is 27.2 Å². The summed E-state index contributed by atoms with van der Waals surface area (Å²) in [5, 5.41) is 4.61. The number of anilines is 2. The van der Waals surface area contributed by atoms with E-state index < -0.39 is 0 Å². The zero-order valence-electron chi connectivity index (χ0n) is 11.3. The topological polar surface area (TPSA) is 50.9 Å². The highest BCUT2D eigenvalue weighted by molar-refractivity contribution is 5.96. The predicted octanol–water partition coefficient (Wildman–Crippen LogP) is 3.66. The van der Waals surface area contributed by atoms with Crippen molar-refractivity contribution in [3.8, 4) is 0 Å². The van der Waals surface area contributed by atoms with Crippen molar-refractivity contribution in [2.45, 2.75) is 33.2 Å². The fourth-order valence-electron chi connectivity index (χ4n) is 2.33. The molecule has 3 N–H and O–H groups in total. The Bertz CT molecular complexity index is 534. The Balaban J connectivity index is 2.34. The minimum absolute atomic E-state index is 0.401. The lowest BCUT2D eigenvalue weighted by Crippen LogP contribution is -2.18. The molecule has 1 unspecified atom stereocenters. The Kier molecular flexibility index (Phi) is 3.70. The fourth-order valence-corrected chi connectivity index (χ4v) is 2.33. The molecule has 2 rings (SSSR count). The van der Waals surface area contributed by atoms with Gasteiger partial charge in [0.1, 0.15) is 0 Å². The van der Waals surface area contributed by atoms with Crippen molar-refractivity contribution in [1.82, 2.24) is 4.98 Å². The van der Waals surface area contributed by atoms with E-state index in [1.165, 1.54) is 0 Å². The van der Waals surface area contributed by atoms with Crippen LogP contribution in [-0.4, -0.2) is 11.0 Å². The first-order valence-corrected chi connectivity index (χ1v) is 6.47. The molecular formula is C15H21N3. The number of nitrogens with zero attached hydrogens (tertiary/aromatic N) is 1. The number of nitrogen functional groups attached to an aromatic ring is 1. The first-order chi connectivity index (χ1) is 8.58. The number of hydrogen-bond donors (Lipinski definition) is 2. The molecule has 0 amide bonds. The normalized spacial score (nSPS) is 12.9. The van der Waals surface area contributed by atoms with Crippen LogP contribution in [0.3, 0.4) is 0 Å². The van der Waals surface area contributed by atoms with Gasteiger partial charge < -0.3 is 11.1 Å². The molecule has 0 aliphatic carbocycles. The van der Waals surface area contributed by atoms with E-state index in [9.17, 15) is 0 Å². The summed E-state index contributed by atoms with van der Waals surface area (Å²) in [4.78, 5) is 4.34. The highest BCUT2D eigenvalue weighted by atomic mass is 14.9. The van der Waals surface area contributed by atoms with Gasteiger partial charge in [-0.05, 0) is 25.3 Å². The summed E-state index contributed by atoms with van der Waals surface area (Å²) in [5.41, 5.74) is 8.74. The molecule has 3 heteroatoms. The second-order valence-corrected chi connectivity index (χ2v) is 5.28. The van der Waals surface area contributed by atoms with Gasteiger partial charge in [0, 0.05) is 11.4 Å². The molecule has 0 radical (unpaired) electrons. The van der Waals surface area contributed by atoms with Crippen molar-refractivity contribution in [3.05, 3.63) is 30.5 Å². The van der Waals surface area contributed by atoms with Crippen molar-refractivity contribution >= 4 is 22.3 Å². The number of aromatic nitrogens is 1. The van der Waals surface area contributed by atoms with Crippen LogP contribution in [0.2, 0.25) is 0 Å². The average molecular weight is 243 g/mol. The summed E-state index contributed by atoms with van der Waals surface area (Å²) >= 11 is 0. The molecule has 1 atom stereocenters. The molecule has 1 aromatic carbocycles. The lowest BCUT2D eigenvalue weighted by molar-refractivity contribution is 0.540. The first kappa shape index (κ1) is 12.7. The summed E-state index contributed by atoms with van der Waals surface area (Å²) in [6.07, 6.45) is 2.85. The Morgan fingerprint density at radius 1 is 1.22 bits per heavy atom. The van der Waals surface area contributed by atoms with Crippen molar-refractivity contribution < 1.29 is 0 Å². The Morgan fingerprint density at radius 2 is 1.94 bits per heavy atom. The van der Waals surface area contributed by atoms with E-state index in [-0.39, 0.29) is 0 Å². The monoisotopic (exact) mass is 243 g/mol. The number of fused-ring (bicyclic) bond motifs is 1. The standard InChI is InChI=1S/C15H21N3/c1-10(2)8-11(3)18-15-12-6-4-5-7-14(12)17-9-13(15)16/h4-7,9-11H,8,16H2,1-3H3,(H,17,18). The second-order valence-electron chi connectivity index (χ2n) is 5.28. The SMILES string of the molecule is CC(C)CC(C)Nc1c(N)cnc2ccccc12. The molecule has 1 aromatic heterocycles. The number of rotatable bonds is 4. The largest absolute Gasteiger partial charge is 0.396 e. The third-order valence-corrected chi connectivity index (χ3v) is 3.02. The minimum Gasteiger partial charge on any atom is -0.396 e. The molecule has 18 heavy (non-hydrogen) atoms. The van der Waals surface area contributed by atoms with E-state index in [2.05, 4.69) is 37.1 Å². The molecule has 0 saturated heterocycles. The van der Waals surface area contributed by atoms with Crippen LogP contribution in [0, 0.1) is 5.92 Å². The molecule has 0 aliphatic rings. The molecule has 0 spiro atoms. The highest BCUT2D eigenvalue weighted by Crippen LogP contribution is 2.28. The zero-order chi connectivity index (χ0) is 13.1. The summed E-state index contributed by atoms with van der Waals surface area (Å²) < 4.78 is 0. The number of benzene rings is 1. The molecule has 0 aliphatic heterocycles. The molecule has 3 nitrogen and oxygen atoms in total. The summed E-state index contributed by atoms with van der Waals surface area (Å²) in [7, 11) is 0. The zero-order valence-corrected chi connectivity index (χ0v) is 11.3. The van der Waals surface area contributed by atoms with Crippen LogP contribution in [0.25, 0.3) is 10.9 Å². The van der Waals surface area contributed by atoms with Crippen LogP contribution in [0.5, 0.6) is 0 Å². The molecular weight excluding hydrogens is 222 g/mol. The molecule has 1 heterocycles. The van der Waals surface area contributed by atoms with Gasteiger partial charge in [0.15, 0.2) is 0 Å². The maximum absolute atomic E-state index is 6.04. The van der Waals surface area contributed by atoms with E-state index in [0.29, 0.717) is 17.6 Å². The van der Waals surface area contributed by atoms with E-state index in [1.54, 1.807) is 6.20 Å². The predicted molar refractivity (Wildman–Crippen MR) is 78.7 cm³/mol. The number of nitrogens with one attached hydrogen (secondary N) is 1. The smallest absolute Gasteiger partial charge is 0.0743 e. The average Bonchev–Trinajstić information content (AvgIpc) is 2.32. The Morgan fingerprint density at radius 3 is 2.67 bits per heavy atom. The number of para-hydroxylation sites is 1. The molecule has 2 aromatic rings. The number of pyridine rings is 1. The lowest BCUT2D eigenvalue weighted by Gasteiger charge is -2.19. The highest BCUT2D eigenvalue weighted by Gasteiger charge is 2.10. The summed E-state index contributed by atoms with van der Waals surface area (Å²) in [5.74, 6) is 0.668. The van der Waals surface area contributed by atoms with Gasteiger partial charge in [-0.1, -0.05) is 32.0 Å². The second kappa shape index (κ2) is 5.25. The van der Waals surface area contributed by atoms with Crippen molar-refractivity contribution in [1.29, 1.82) is 0 Å². The molecule has 0 bridgehead atoms. The van der Waals surface area contributed by atoms with Crippen LogP contribution in [0.15, 0.2) is 30.5 Å². The first-order valence-electron chi connectivity index (χ1n) is 6.47. The maximum Gasteiger partial charge on any atom is 0.0743 e. The van der Waals surface area contributed by atoms with Gasteiger partial charge in [0.05, 0.1) is 23.1 Å². The third kappa shape index (κ3) is 2.73.